The van der Waals surface area contributed by atoms with Crippen LogP contribution in [0.5, 0.6) is 0 Å². The van der Waals surface area contributed by atoms with E-state index in [2.05, 4.69) is 5.10 Å². The lowest BCUT2D eigenvalue weighted by molar-refractivity contribution is 0.697. The standard InChI is InChI=1S/C8H8Cl2N4/c1-5-7(3-11)8(12)14(13-5)4-6(10)2-9/h2H,4,12H2,1H3/b6-2-. The summed E-state index contributed by atoms with van der Waals surface area (Å²) in [6.07, 6.45) is 0. The third kappa shape index (κ3) is 2.00. The number of aryl methyl sites for hydroxylation is 1. The van der Waals surface area contributed by atoms with Gasteiger partial charge < -0.3 is 5.73 Å². The first kappa shape index (κ1) is 10.9. The van der Waals surface area contributed by atoms with Crippen molar-refractivity contribution < 1.29 is 0 Å². The monoisotopic (exact) mass is 230 g/mol. The first-order chi connectivity index (χ1) is 6.60. The van der Waals surface area contributed by atoms with Crippen LogP contribution in [0, 0.1) is 18.3 Å². The summed E-state index contributed by atoms with van der Waals surface area (Å²) in [5, 5.41) is 13.2. The summed E-state index contributed by atoms with van der Waals surface area (Å²) in [4.78, 5) is 0. The first-order valence-electron chi connectivity index (χ1n) is 3.78. The van der Waals surface area contributed by atoms with E-state index < -0.39 is 0 Å². The van der Waals surface area contributed by atoms with Gasteiger partial charge in [0, 0.05) is 5.54 Å². The summed E-state index contributed by atoms with van der Waals surface area (Å²) in [6, 6.07) is 1.97. The molecule has 0 saturated heterocycles. The number of nitriles is 1. The van der Waals surface area contributed by atoms with Crippen LogP contribution in [0.3, 0.4) is 0 Å². The van der Waals surface area contributed by atoms with Gasteiger partial charge in [-0.15, -0.1) is 0 Å². The molecule has 1 aromatic heterocycles. The fourth-order valence-electron chi connectivity index (χ4n) is 1.04. The fraction of sp³-hybridized carbons (Fsp3) is 0.250. The van der Waals surface area contributed by atoms with Crippen LogP contribution in [0.15, 0.2) is 10.6 Å². The Labute approximate surface area is 91.5 Å². The molecule has 0 atom stereocenters. The normalized spacial score (nSPS) is 11.4. The number of rotatable bonds is 2. The number of nitrogen functional groups attached to an aromatic ring is 1. The molecule has 0 amide bonds. The highest BCUT2D eigenvalue weighted by Crippen LogP contribution is 2.17. The molecule has 0 aliphatic heterocycles. The molecule has 1 aromatic rings. The molecule has 14 heavy (non-hydrogen) atoms. The van der Waals surface area contributed by atoms with Gasteiger partial charge in [0.05, 0.1) is 17.3 Å². The molecule has 0 spiro atoms. The minimum Gasteiger partial charge on any atom is -0.383 e. The van der Waals surface area contributed by atoms with Crippen molar-refractivity contribution in [3.8, 4) is 6.07 Å². The highest BCUT2D eigenvalue weighted by molar-refractivity contribution is 6.36. The smallest absolute Gasteiger partial charge is 0.140 e. The lowest BCUT2D eigenvalue weighted by atomic mass is 10.3. The predicted molar refractivity (Wildman–Crippen MR) is 55.9 cm³/mol. The SMILES string of the molecule is Cc1nn(C/C(Cl)=C/Cl)c(N)c1C#N. The van der Waals surface area contributed by atoms with Crippen LogP contribution >= 0.6 is 23.2 Å². The number of allylic oxidation sites excluding steroid dienone is 1. The number of hydrogen-bond acceptors (Lipinski definition) is 3. The lowest BCUT2D eigenvalue weighted by Crippen LogP contribution is -2.05. The number of aromatic nitrogens is 2. The maximum Gasteiger partial charge on any atom is 0.140 e. The van der Waals surface area contributed by atoms with E-state index in [1.165, 1.54) is 10.2 Å². The minimum absolute atomic E-state index is 0.277. The van der Waals surface area contributed by atoms with Gasteiger partial charge >= 0.3 is 0 Å². The van der Waals surface area contributed by atoms with Crippen molar-refractivity contribution in [2.24, 2.45) is 0 Å². The Morgan fingerprint density at radius 1 is 1.79 bits per heavy atom. The van der Waals surface area contributed by atoms with E-state index >= 15 is 0 Å². The Bertz CT molecular complexity index is 414. The highest BCUT2D eigenvalue weighted by Gasteiger charge is 2.11. The molecule has 0 saturated carbocycles. The number of anilines is 1. The van der Waals surface area contributed by atoms with Crippen LogP contribution in [0.4, 0.5) is 5.82 Å². The van der Waals surface area contributed by atoms with E-state index in [0.29, 0.717) is 22.1 Å². The van der Waals surface area contributed by atoms with Crippen LogP contribution < -0.4 is 5.73 Å². The topological polar surface area (TPSA) is 67.6 Å². The quantitative estimate of drug-likeness (QED) is 0.845. The third-order valence-electron chi connectivity index (χ3n) is 1.70. The Morgan fingerprint density at radius 2 is 2.43 bits per heavy atom. The molecule has 6 heteroatoms. The van der Waals surface area contributed by atoms with Gasteiger partial charge in [-0.3, -0.25) is 0 Å². The summed E-state index contributed by atoms with van der Waals surface area (Å²) in [5.41, 5.74) is 7.87. The lowest BCUT2D eigenvalue weighted by Gasteiger charge is -2.01. The Morgan fingerprint density at radius 3 is 2.86 bits per heavy atom. The van der Waals surface area contributed by atoms with Gasteiger partial charge in [0.2, 0.25) is 0 Å². The van der Waals surface area contributed by atoms with Crippen LogP contribution in [0.2, 0.25) is 0 Å². The van der Waals surface area contributed by atoms with Crippen LogP contribution in [0.1, 0.15) is 11.3 Å². The molecule has 4 nitrogen and oxygen atoms in total. The molecule has 2 N–H and O–H groups in total. The third-order valence-corrected chi connectivity index (χ3v) is 2.30. The van der Waals surface area contributed by atoms with Gasteiger partial charge in [0.1, 0.15) is 17.5 Å². The zero-order chi connectivity index (χ0) is 10.7. The van der Waals surface area contributed by atoms with Gasteiger partial charge in [0.15, 0.2) is 0 Å². The van der Waals surface area contributed by atoms with Crippen LogP contribution in [-0.4, -0.2) is 9.78 Å². The van der Waals surface area contributed by atoms with Gasteiger partial charge in [-0.25, -0.2) is 4.68 Å². The molecule has 0 aliphatic carbocycles. The van der Waals surface area contributed by atoms with Crippen molar-refractivity contribution in [1.29, 1.82) is 5.26 Å². The number of nitrogens with two attached hydrogens (primary N) is 1. The summed E-state index contributed by atoms with van der Waals surface area (Å²) < 4.78 is 1.44. The van der Waals surface area contributed by atoms with E-state index in [1.807, 2.05) is 6.07 Å². The summed E-state index contributed by atoms with van der Waals surface area (Å²) >= 11 is 11.1. The molecule has 0 unspecified atom stereocenters. The predicted octanol–water partition coefficient (Wildman–Crippen LogP) is 1.96. The second-order valence-corrected chi connectivity index (χ2v) is 3.37. The zero-order valence-corrected chi connectivity index (χ0v) is 8.97. The number of nitrogens with zero attached hydrogens (tertiary/aromatic N) is 3. The Hall–Kier alpha value is -1.18. The second-order valence-electron chi connectivity index (χ2n) is 2.67. The molecule has 0 fully saturated rings. The molecule has 0 aliphatic rings. The largest absolute Gasteiger partial charge is 0.383 e. The van der Waals surface area contributed by atoms with Crippen molar-refractivity contribution >= 4 is 29.0 Å². The van der Waals surface area contributed by atoms with Crippen molar-refractivity contribution in [1.82, 2.24) is 9.78 Å². The first-order valence-corrected chi connectivity index (χ1v) is 4.59. The maximum absolute atomic E-state index is 8.75. The summed E-state index contributed by atoms with van der Waals surface area (Å²) in [7, 11) is 0. The average Bonchev–Trinajstić information content (AvgIpc) is 2.42. The highest BCUT2D eigenvalue weighted by atomic mass is 35.5. The molecule has 1 heterocycles. The van der Waals surface area contributed by atoms with Gasteiger partial charge in [0.25, 0.3) is 0 Å². The Balaban J connectivity index is 3.07. The zero-order valence-electron chi connectivity index (χ0n) is 7.46. The molecule has 1 rings (SSSR count). The average molecular weight is 231 g/mol. The Kier molecular flexibility index (Phi) is 3.39. The summed E-state index contributed by atoms with van der Waals surface area (Å²) in [6.45, 7) is 1.99. The second kappa shape index (κ2) is 4.36. The number of hydrogen-bond donors (Lipinski definition) is 1. The number of halogens is 2. The van der Waals surface area contributed by atoms with Crippen molar-refractivity contribution in [3.05, 3.63) is 21.8 Å². The van der Waals surface area contributed by atoms with Gasteiger partial charge in [-0.1, -0.05) is 23.2 Å². The minimum atomic E-state index is 0.277. The molecular formula is C8H8Cl2N4. The van der Waals surface area contributed by atoms with Gasteiger partial charge in [-0.05, 0) is 6.92 Å². The van der Waals surface area contributed by atoms with Crippen molar-refractivity contribution in [2.75, 3.05) is 5.73 Å². The fourth-order valence-corrected chi connectivity index (χ4v) is 1.22. The van der Waals surface area contributed by atoms with Crippen LogP contribution in [0.25, 0.3) is 0 Å². The van der Waals surface area contributed by atoms with Crippen molar-refractivity contribution in [2.45, 2.75) is 13.5 Å². The molecule has 74 valence electrons. The molecule has 0 radical (unpaired) electrons. The molecule has 0 aromatic carbocycles. The van der Waals surface area contributed by atoms with Crippen molar-refractivity contribution in [3.63, 3.8) is 0 Å². The molecule has 0 bridgehead atoms. The van der Waals surface area contributed by atoms with Gasteiger partial charge in [-0.2, -0.15) is 10.4 Å². The van der Waals surface area contributed by atoms with E-state index in [4.69, 9.17) is 34.2 Å². The maximum atomic E-state index is 8.75. The van der Waals surface area contributed by atoms with E-state index in [9.17, 15) is 0 Å². The van der Waals surface area contributed by atoms with E-state index in [1.54, 1.807) is 6.92 Å². The summed E-state index contributed by atoms with van der Waals surface area (Å²) in [5.74, 6) is 0.307. The van der Waals surface area contributed by atoms with E-state index in [-0.39, 0.29) is 6.54 Å². The molecular weight excluding hydrogens is 223 g/mol. The van der Waals surface area contributed by atoms with Crippen LogP contribution in [-0.2, 0) is 6.54 Å². The van der Waals surface area contributed by atoms with E-state index in [0.717, 1.165) is 0 Å².